The summed E-state index contributed by atoms with van der Waals surface area (Å²) in [5.41, 5.74) is 15.6. The Morgan fingerprint density at radius 2 is 1.66 bits per heavy atom. The number of nitrogens with one attached hydrogen (secondary N) is 1. The van der Waals surface area contributed by atoms with E-state index in [-0.39, 0.29) is 23.8 Å². The van der Waals surface area contributed by atoms with Crippen molar-refractivity contribution in [3.05, 3.63) is 65.2 Å². The first-order valence-corrected chi connectivity index (χ1v) is 10.5. The first kappa shape index (κ1) is 23.1. The van der Waals surface area contributed by atoms with Crippen LogP contribution in [0.5, 0.6) is 0 Å². The van der Waals surface area contributed by atoms with E-state index in [0.29, 0.717) is 11.8 Å². The second-order valence-corrected chi connectivity index (χ2v) is 8.92. The molecule has 0 aliphatic heterocycles. The molecule has 3 aromatic rings. The molecule has 2 aromatic carbocycles. The zero-order chi connectivity index (χ0) is 23.5. The van der Waals surface area contributed by atoms with Gasteiger partial charge in [-0.3, -0.25) is 4.79 Å². The Kier molecular flexibility index (Phi) is 6.74. The molecule has 0 amide bonds. The maximum Gasteiger partial charge on any atom is 0.320 e. The van der Waals surface area contributed by atoms with Crippen LogP contribution >= 0.6 is 0 Å². The SMILES string of the molecule is CC(Nc1nc(N)nc(-c2ccc(CC(N)C(=O)O)cc2)n1)c1ccc(C(C)(C)C)cc1. The molecule has 8 nitrogen and oxygen atoms in total. The average Bonchev–Trinajstić information content (AvgIpc) is 2.73. The zero-order valence-electron chi connectivity index (χ0n) is 18.8. The van der Waals surface area contributed by atoms with Crippen LogP contribution in [0, 0.1) is 0 Å². The van der Waals surface area contributed by atoms with Gasteiger partial charge in [-0.25, -0.2) is 0 Å². The monoisotopic (exact) mass is 434 g/mol. The van der Waals surface area contributed by atoms with Crippen molar-refractivity contribution >= 4 is 17.9 Å². The highest BCUT2D eigenvalue weighted by Crippen LogP contribution is 2.25. The smallest absolute Gasteiger partial charge is 0.320 e. The number of nitrogen functional groups attached to an aromatic ring is 1. The lowest BCUT2D eigenvalue weighted by molar-refractivity contribution is -0.138. The molecule has 0 aliphatic carbocycles. The van der Waals surface area contributed by atoms with Crippen LogP contribution in [-0.2, 0) is 16.6 Å². The van der Waals surface area contributed by atoms with Gasteiger partial charge in [0.05, 0.1) is 6.04 Å². The minimum Gasteiger partial charge on any atom is -0.480 e. The van der Waals surface area contributed by atoms with Gasteiger partial charge in [0.25, 0.3) is 0 Å². The Morgan fingerprint density at radius 1 is 1.03 bits per heavy atom. The van der Waals surface area contributed by atoms with Crippen molar-refractivity contribution in [1.82, 2.24) is 15.0 Å². The number of aliphatic carboxylic acids is 1. The third-order valence-corrected chi connectivity index (χ3v) is 5.26. The summed E-state index contributed by atoms with van der Waals surface area (Å²) in [6.07, 6.45) is 0.243. The number of nitrogens with two attached hydrogens (primary N) is 2. The van der Waals surface area contributed by atoms with Gasteiger partial charge in [-0.15, -0.1) is 0 Å². The highest BCUT2D eigenvalue weighted by Gasteiger charge is 2.16. The second-order valence-electron chi connectivity index (χ2n) is 8.92. The topological polar surface area (TPSA) is 140 Å². The Balaban J connectivity index is 1.76. The van der Waals surface area contributed by atoms with Crippen molar-refractivity contribution in [1.29, 1.82) is 0 Å². The van der Waals surface area contributed by atoms with E-state index in [1.807, 2.05) is 31.2 Å². The molecule has 0 fully saturated rings. The van der Waals surface area contributed by atoms with Gasteiger partial charge in [0.1, 0.15) is 6.04 Å². The first-order valence-electron chi connectivity index (χ1n) is 10.5. The van der Waals surface area contributed by atoms with Gasteiger partial charge < -0.3 is 21.9 Å². The Bertz CT molecular complexity index is 1080. The number of benzene rings is 2. The van der Waals surface area contributed by atoms with Gasteiger partial charge in [-0.2, -0.15) is 15.0 Å². The van der Waals surface area contributed by atoms with E-state index in [9.17, 15) is 4.79 Å². The molecular weight excluding hydrogens is 404 g/mol. The molecular formula is C24H30N6O2. The van der Waals surface area contributed by atoms with Crippen LogP contribution in [0.25, 0.3) is 11.4 Å². The van der Waals surface area contributed by atoms with E-state index < -0.39 is 12.0 Å². The molecule has 2 unspecified atom stereocenters. The van der Waals surface area contributed by atoms with Crippen LogP contribution in [0.2, 0.25) is 0 Å². The van der Waals surface area contributed by atoms with Crippen LogP contribution in [0.4, 0.5) is 11.9 Å². The molecule has 32 heavy (non-hydrogen) atoms. The number of hydrogen-bond donors (Lipinski definition) is 4. The fourth-order valence-electron chi connectivity index (χ4n) is 3.27. The fourth-order valence-corrected chi connectivity index (χ4v) is 3.27. The van der Waals surface area contributed by atoms with Crippen molar-refractivity contribution in [3.8, 4) is 11.4 Å². The van der Waals surface area contributed by atoms with Crippen LogP contribution in [0.1, 0.15) is 50.4 Å². The highest BCUT2D eigenvalue weighted by atomic mass is 16.4. The average molecular weight is 435 g/mol. The predicted octanol–water partition coefficient (Wildman–Crippen LogP) is 3.55. The molecule has 0 spiro atoms. The number of carbonyl (C=O) groups is 1. The molecule has 1 heterocycles. The number of carboxylic acids is 1. The normalized spacial score (nSPS) is 13.4. The van der Waals surface area contributed by atoms with Gasteiger partial charge in [-0.1, -0.05) is 69.3 Å². The molecule has 3 rings (SSSR count). The minimum atomic E-state index is -1.03. The van der Waals surface area contributed by atoms with E-state index in [0.717, 1.165) is 16.7 Å². The van der Waals surface area contributed by atoms with E-state index in [4.69, 9.17) is 16.6 Å². The van der Waals surface area contributed by atoms with Gasteiger partial charge in [-0.05, 0) is 35.4 Å². The van der Waals surface area contributed by atoms with Crippen molar-refractivity contribution in [2.24, 2.45) is 5.73 Å². The summed E-state index contributed by atoms with van der Waals surface area (Å²) in [5.74, 6) is -0.0943. The standard InChI is InChI=1S/C24H30N6O2/c1-14(16-9-11-18(12-10-16)24(2,3)4)27-23-29-20(28-22(26)30-23)17-7-5-15(6-8-17)13-19(25)21(31)32/h5-12,14,19H,13,25H2,1-4H3,(H,31,32)(H3,26,27,28,29,30). The quantitative estimate of drug-likeness (QED) is 0.442. The Labute approximate surface area is 188 Å². The molecule has 1 aromatic heterocycles. The van der Waals surface area contributed by atoms with E-state index in [1.165, 1.54) is 5.56 Å². The minimum absolute atomic E-state index is 0.0291. The number of rotatable bonds is 7. The van der Waals surface area contributed by atoms with E-state index >= 15 is 0 Å². The summed E-state index contributed by atoms with van der Waals surface area (Å²) < 4.78 is 0. The fraction of sp³-hybridized carbons (Fsp3) is 0.333. The van der Waals surface area contributed by atoms with Crippen LogP contribution in [0.15, 0.2) is 48.5 Å². The van der Waals surface area contributed by atoms with Crippen LogP contribution in [0.3, 0.4) is 0 Å². The third-order valence-electron chi connectivity index (χ3n) is 5.26. The largest absolute Gasteiger partial charge is 0.480 e. The Morgan fingerprint density at radius 3 is 2.22 bits per heavy atom. The lowest BCUT2D eigenvalue weighted by atomic mass is 9.86. The highest BCUT2D eigenvalue weighted by molar-refractivity contribution is 5.73. The maximum absolute atomic E-state index is 10.9. The van der Waals surface area contributed by atoms with Crippen molar-refractivity contribution in [2.75, 3.05) is 11.1 Å². The van der Waals surface area contributed by atoms with Gasteiger partial charge in [0, 0.05) is 5.56 Å². The predicted molar refractivity (Wildman–Crippen MR) is 126 cm³/mol. The second kappa shape index (κ2) is 9.32. The summed E-state index contributed by atoms with van der Waals surface area (Å²) in [5, 5.41) is 12.3. The zero-order valence-corrected chi connectivity index (χ0v) is 18.8. The number of hydrogen-bond acceptors (Lipinski definition) is 7. The first-order chi connectivity index (χ1) is 15.0. The molecule has 2 atom stereocenters. The van der Waals surface area contributed by atoms with Crippen LogP contribution in [-0.4, -0.2) is 32.1 Å². The number of nitrogens with zero attached hydrogens (tertiary/aromatic N) is 3. The lowest BCUT2D eigenvalue weighted by Gasteiger charge is -2.21. The summed E-state index contributed by atoms with van der Waals surface area (Å²) >= 11 is 0. The van der Waals surface area contributed by atoms with Crippen LogP contribution < -0.4 is 16.8 Å². The van der Waals surface area contributed by atoms with Crippen molar-refractivity contribution in [2.45, 2.75) is 51.6 Å². The molecule has 0 saturated carbocycles. The van der Waals surface area contributed by atoms with Gasteiger partial charge in [0.2, 0.25) is 11.9 Å². The number of anilines is 2. The number of carboxylic acid groups (broad SMARTS) is 1. The third kappa shape index (κ3) is 5.79. The molecule has 0 saturated heterocycles. The molecule has 0 aliphatic rings. The number of aromatic nitrogens is 3. The summed E-state index contributed by atoms with van der Waals surface area (Å²) in [6.45, 7) is 8.59. The van der Waals surface area contributed by atoms with Gasteiger partial charge >= 0.3 is 5.97 Å². The molecule has 0 bridgehead atoms. The van der Waals surface area contributed by atoms with Crippen molar-refractivity contribution in [3.63, 3.8) is 0 Å². The molecule has 8 heteroatoms. The van der Waals surface area contributed by atoms with Crippen molar-refractivity contribution < 1.29 is 9.90 Å². The summed E-state index contributed by atoms with van der Waals surface area (Å²) in [6, 6.07) is 14.8. The maximum atomic E-state index is 10.9. The Hall–Kier alpha value is -3.52. The van der Waals surface area contributed by atoms with E-state index in [2.05, 4.69) is 65.3 Å². The van der Waals surface area contributed by atoms with Gasteiger partial charge in [0.15, 0.2) is 5.82 Å². The molecule has 6 N–H and O–H groups in total. The molecule has 168 valence electrons. The molecule has 0 radical (unpaired) electrons. The summed E-state index contributed by atoms with van der Waals surface area (Å²) in [4.78, 5) is 23.9. The summed E-state index contributed by atoms with van der Waals surface area (Å²) in [7, 11) is 0. The van der Waals surface area contributed by atoms with E-state index in [1.54, 1.807) is 0 Å². The lowest BCUT2D eigenvalue weighted by Crippen LogP contribution is -2.32.